The van der Waals surface area contributed by atoms with Gasteiger partial charge in [-0.05, 0) is 44.0 Å². The molecule has 0 aromatic heterocycles. The average molecular weight is 350 g/mol. The summed E-state index contributed by atoms with van der Waals surface area (Å²) < 4.78 is 16.1. The minimum absolute atomic E-state index is 0.115. The molecule has 136 valence electrons. The van der Waals surface area contributed by atoms with Gasteiger partial charge in [-0.15, -0.1) is 0 Å². The summed E-state index contributed by atoms with van der Waals surface area (Å²) in [6.45, 7) is 2.63. The zero-order chi connectivity index (χ0) is 18.2. The largest absolute Gasteiger partial charge is 0.491 e. The minimum atomic E-state index is -1.10. The third-order valence-electron chi connectivity index (χ3n) is 3.67. The molecule has 25 heavy (non-hydrogen) atoms. The topological polar surface area (TPSA) is 103 Å². The van der Waals surface area contributed by atoms with E-state index in [0.717, 1.165) is 19.4 Å². The smallest absolute Gasteiger partial charge is 0.338 e. The van der Waals surface area contributed by atoms with E-state index in [4.69, 9.17) is 14.2 Å². The van der Waals surface area contributed by atoms with Gasteiger partial charge in [-0.2, -0.15) is 0 Å². The zero-order valence-corrected chi connectivity index (χ0v) is 14.2. The van der Waals surface area contributed by atoms with E-state index in [1.807, 2.05) is 5.32 Å². The number of imide groups is 1. The quantitative estimate of drug-likeness (QED) is 0.749. The Hall–Kier alpha value is -2.61. The van der Waals surface area contributed by atoms with Gasteiger partial charge in [0.2, 0.25) is 0 Å². The van der Waals surface area contributed by atoms with Crippen molar-refractivity contribution in [1.29, 1.82) is 0 Å². The fourth-order valence-electron chi connectivity index (χ4n) is 2.21. The number of nitrogens with one attached hydrogen (secondary N) is 2. The highest BCUT2D eigenvalue weighted by Crippen LogP contribution is 2.17. The molecule has 8 nitrogen and oxygen atoms in total. The third kappa shape index (κ3) is 5.75. The second-order valence-corrected chi connectivity index (χ2v) is 5.59. The molecule has 0 unspecified atom stereocenters. The van der Waals surface area contributed by atoms with Gasteiger partial charge in [0.15, 0.2) is 6.10 Å². The SMILES string of the molecule is CNC(=O)NC(=O)[C@H](C)OC(=O)c1ccc(OC[C@@H]2CCCO2)cc1. The molecule has 1 aliphatic rings. The molecule has 0 bridgehead atoms. The first-order valence-electron chi connectivity index (χ1n) is 8.07. The Balaban J connectivity index is 1.82. The molecule has 1 aromatic rings. The molecule has 1 aromatic carbocycles. The predicted octanol–water partition coefficient (Wildman–Crippen LogP) is 1.25. The lowest BCUT2D eigenvalue weighted by Crippen LogP contribution is -2.43. The number of urea groups is 1. The summed E-state index contributed by atoms with van der Waals surface area (Å²) in [4.78, 5) is 34.8. The van der Waals surface area contributed by atoms with E-state index >= 15 is 0 Å². The summed E-state index contributed by atoms with van der Waals surface area (Å²) in [5.41, 5.74) is 0.282. The van der Waals surface area contributed by atoms with Crippen LogP contribution >= 0.6 is 0 Å². The number of ether oxygens (including phenoxy) is 3. The van der Waals surface area contributed by atoms with Gasteiger partial charge in [-0.3, -0.25) is 10.1 Å². The summed E-state index contributed by atoms with van der Waals surface area (Å²) in [6.07, 6.45) is 1.05. The van der Waals surface area contributed by atoms with E-state index in [9.17, 15) is 14.4 Å². The van der Waals surface area contributed by atoms with Crippen LogP contribution in [0.15, 0.2) is 24.3 Å². The Morgan fingerprint density at radius 3 is 2.60 bits per heavy atom. The number of amides is 3. The maximum absolute atomic E-state index is 12.0. The van der Waals surface area contributed by atoms with Crippen molar-refractivity contribution < 1.29 is 28.6 Å². The van der Waals surface area contributed by atoms with E-state index in [0.29, 0.717) is 12.4 Å². The van der Waals surface area contributed by atoms with Gasteiger partial charge < -0.3 is 19.5 Å². The summed E-state index contributed by atoms with van der Waals surface area (Å²) in [5.74, 6) is -0.744. The molecule has 3 amide bonds. The first kappa shape index (κ1) is 18.7. The van der Waals surface area contributed by atoms with Crippen LogP contribution in [0.4, 0.5) is 4.79 Å². The van der Waals surface area contributed by atoms with Crippen LogP contribution in [-0.2, 0) is 14.3 Å². The summed E-state index contributed by atoms with van der Waals surface area (Å²) in [5, 5.41) is 4.28. The van der Waals surface area contributed by atoms with Crippen LogP contribution in [0.25, 0.3) is 0 Å². The van der Waals surface area contributed by atoms with Gasteiger partial charge in [0.1, 0.15) is 12.4 Å². The molecule has 1 fully saturated rings. The van der Waals surface area contributed by atoms with Crippen LogP contribution in [0.3, 0.4) is 0 Å². The molecule has 2 N–H and O–H groups in total. The van der Waals surface area contributed by atoms with Crippen LogP contribution in [0.5, 0.6) is 5.75 Å². The zero-order valence-electron chi connectivity index (χ0n) is 14.2. The van der Waals surface area contributed by atoms with Gasteiger partial charge in [-0.1, -0.05) is 0 Å². The van der Waals surface area contributed by atoms with Crippen LogP contribution in [0.2, 0.25) is 0 Å². The number of carbonyl (C=O) groups excluding carboxylic acids is 3. The van der Waals surface area contributed by atoms with Gasteiger partial charge >= 0.3 is 12.0 Å². The van der Waals surface area contributed by atoms with E-state index in [1.165, 1.54) is 14.0 Å². The Morgan fingerprint density at radius 2 is 2.00 bits per heavy atom. The normalized spacial score (nSPS) is 17.4. The average Bonchev–Trinajstić information content (AvgIpc) is 3.13. The Bertz CT molecular complexity index is 610. The molecule has 1 heterocycles. The van der Waals surface area contributed by atoms with Gasteiger partial charge in [-0.25, -0.2) is 9.59 Å². The number of benzene rings is 1. The van der Waals surface area contributed by atoms with Crippen molar-refractivity contribution in [2.24, 2.45) is 0 Å². The number of esters is 1. The monoisotopic (exact) mass is 350 g/mol. The second-order valence-electron chi connectivity index (χ2n) is 5.59. The van der Waals surface area contributed by atoms with Crippen molar-refractivity contribution in [1.82, 2.24) is 10.6 Å². The van der Waals surface area contributed by atoms with Crippen LogP contribution in [-0.4, -0.2) is 50.4 Å². The summed E-state index contributed by atoms with van der Waals surface area (Å²) in [6, 6.07) is 5.75. The third-order valence-corrected chi connectivity index (χ3v) is 3.67. The molecule has 0 spiro atoms. The van der Waals surface area contributed by atoms with Crippen molar-refractivity contribution >= 4 is 17.9 Å². The van der Waals surface area contributed by atoms with E-state index < -0.39 is 24.0 Å². The fraction of sp³-hybridized carbons (Fsp3) is 0.471. The number of hydrogen-bond donors (Lipinski definition) is 2. The number of carbonyl (C=O) groups is 3. The lowest BCUT2D eigenvalue weighted by molar-refractivity contribution is -0.127. The second kappa shape index (κ2) is 9.03. The van der Waals surface area contributed by atoms with Crippen molar-refractivity contribution in [3.63, 3.8) is 0 Å². The molecule has 8 heteroatoms. The highest BCUT2D eigenvalue weighted by atomic mass is 16.5. The fourth-order valence-corrected chi connectivity index (χ4v) is 2.21. The molecule has 0 saturated carbocycles. The molecule has 0 radical (unpaired) electrons. The number of rotatable bonds is 6. The maximum atomic E-state index is 12.0. The van der Waals surface area contributed by atoms with Crippen molar-refractivity contribution in [3.8, 4) is 5.75 Å². The predicted molar refractivity (Wildman–Crippen MR) is 88.4 cm³/mol. The Morgan fingerprint density at radius 1 is 1.28 bits per heavy atom. The Kier molecular flexibility index (Phi) is 6.76. The molecule has 1 saturated heterocycles. The highest BCUT2D eigenvalue weighted by molar-refractivity contribution is 5.98. The van der Waals surface area contributed by atoms with E-state index in [-0.39, 0.29) is 11.7 Å². The molecular formula is C17H22N2O6. The van der Waals surface area contributed by atoms with Crippen molar-refractivity contribution in [2.45, 2.75) is 32.0 Å². The van der Waals surface area contributed by atoms with Crippen LogP contribution in [0, 0.1) is 0 Å². The summed E-state index contributed by atoms with van der Waals surface area (Å²) in [7, 11) is 1.38. The minimum Gasteiger partial charge on any atom is -0.491 e. The standard InChI is InChI=1S/C17H22N2O6/c1-11(15(20)19-17(22)18-2)25-16(21)12-5-7-13(8-6-12)24-10-14-4-3-9-23-14/h5-8,11,14H,3-4,9-10H2,1-2H3,(H2,18,19,20,22)/t11-,14-/m0/s1. The van der Waals surface area contributed by atoms with Crippen molar-refractivity contribution in [2.75, 3.05) is 20.3 Å². The molecule has 1 aliphatic heterocycles. The molecule has 0 aliphatic carbocycles. The Labute approximate surface area is 145 Å². The molecule has 2 atom stereocenters. The highest BCUT2D eigenvalue weighted by Gasteiger charge is 2.20. The maximum Gasteiger partial charge on any atom is 0.338 e. The first-order chi connectivity index (χ1) is 12.0. The van der Waals surface area contributed by atoms with E-state index in [2.05, 4.69) is 5.32 Å². The van der Waals surface area contributed by atoms with Crippen LogP contribution in [0.1, 0.15) is 30.1 Å². The van der Waals surface area contributed by atoms with Gasteiger partial charge in [0, 0.05) is 13.7 Å². The lowest BCUT2D eigenvalue weighted by atomic mass is 10.2. The van der Waals surface area contributed by atoms with Crippen LogP contribution < -0.4 is 15.4 Å². The van der Waals surface area contributed by atoms with E-state index in [1.54, 1.807) is 24.3 Å². The number of hydrogen-bond acceptors (Lipinski definition) is 6. The van der Waals surface area contributed by atoms with Gasteiger partial charge in [0.05, 0.1) is 11.7 Å². The van der Waals surface area contributed by atoms with Crippen molar-refractivity contribution in [3.05, 3.63) is 29.8 Å². The molecule has 2 rings (SSSR count). The molecular weight excluding hydrogens is 328 g/mol. The lowest BCUT2D eigenvalue weighted by Gasteiger charge is -2.13. The summed E-state index contributed by atoms with van der Waals surface area (Å²) >= 11 is 0. The first-order valence-corrected chi connectivity index (χ1v) is 8.07. The van der Waals surface area contributed by atoms with Gasteiger partial charge in [0.25, 0.3) is 5.91 Å².